The molecule has 0 aliphatic heterocycles. The molecule has 5 heteroatoms. The number of carbonyl (C=O) groups is 2. The lowest BCUT2D eigenvalue weighted by Crippen LogP contribution is -2.09. The van der Waals surface area contributed by atoms with E-state index in [1.807, 2.05) is 12.1 Å². The lowest BCUT2D eigenvalue weighted by molar-refractivity contribution is -0.137. The standard InChI is InChI=1S/C12H12BrNO3/c1-2-17-12(16)8-7-11(15)14-10-6-4-3-5-9(10)13/h3-8H,2H2,1H3,(H,14,15)/b8-7+. The zero-order chi connectivity index (χ0) is 12.7. The van der Waals surface area contributed by atoms with Gasteiger partial charge in [0, 0.05) is 16.6 Å². The van der Waals surface area contributed by atoms with Crippen LogP contribution in [0.25, 0.3) is 0 Å². The van der Waals surface area contributed by atoms with Crippen LogP contribution in [-0.4, -0.2) is 18.5 Å². The monoisotopic (exact) mass is 297 g/mol. The number of nitrogens with one attached hydrogen (secondary N) is 1. The highest BCUT2D eigenvalue weighted by Crippen LogP contribution is 2.20. The average molecular weight is 298 g/mol. The van der Waals surface area contributed by atoms with Gasteiger partial charge in [0.05, 0.1) is 12.3 Å². The van der Waals surface area contributed by atoms with Gasteiger partial charge in [-0.05, 0) is 35.0 Å². The fourth-order valence-corrected chi connectivity index (χ4v) is 1.45. The summed E-state index contributed by atoms with van der Waals surface area (Å²) in [5.41, 5.74) is 0.644. The second-order valence-corrected chi connectivity index (χ2v) is 3.91. The molecule has 90 valence electrons. The first-order chi connectivity index (χ1) is 8.13. The molecule has 17 heavy (non-hydrogen) atoms. The molecular weight excluding hydrogens is 286 g/mol. The van der Waals surface area contributed by atoms with Crippen LogP contribution in [0.1, 0.15) is 6.92 Å². The third kappa shape index (κ3) is 4.82. The molecule has 1 N–H and O–H groups in total. The number of anilines is 1. The normalized spacial score (nSPS) is 10.2. The number of carbonyl (C=O) groups excluding carboxylic acids is 2. The molecule has 1 rings (SSSR count). The maximum atomic E-state index is 11.4. The van der Waals surface area contributed by atoms with Gasteiger partial charge in [-0.15, -0.1) is 0 Å². The topological polar surface area (TPSA) is 55.4 Å². The van der Waals surface area contributed by atoms with Crippen molar-refractivity contribution in [2.24, 2.45) is 0 Å². The summed E-state index contributed by atoms with van der Waals surface area (Å²) in [6.45, 7) is 1.99. The molecule has 0 bridgehead atoms. The minimum absolute atomic E-state index is 0.287. The molecule has 0 aromatic heterocycles. The molecule has 0 unspecified atom stereocenters. The minimum atomic E-state index is -0.533. The van der Waals surface area contributed by atoms with Gasteiger partial charge >= 0.3 is 5.97 Å². The Morgan fingerprint density at radius 3 is 2.71 bits per heavy atom. The summed E-state index contributed by atoms with van der Waals surface area (Å²) in [5, 5.41) is 2.63. The third-order valence-corrected chi connectivity index (χ3v) is 2.48. The zero-order valence-electron chi connectivity index (χ0n) is 9.27. The van der Waals surface area contributed by atoms with E-state index < -0.39 is 5.97 Å². The number of amides is 1. The highest BCUT2D eigenvalue weighted by atomic mass is 79.9. The second-order valence-electron chi connectivity index (χ2n) is 3.05. The number of benzene rings is 1. The van der Waals surface area contributed by atoms with E-state index >= 15 is 0 Å². The first-order valence-electron chi connectivity index (χ1n) is 5.04. The lowest BCUT2D eigenvalue weighted by atomic mass is 10.3. The maximum absolute atomic E-state index is 11.4. The fraction of sp³-hybridized carbons (Fsp3) is 0.167. The van der Waals surface area contributed by atoms with Gasteiger partial charge in [-0.2, -0.15) is 0 Å². The molecule has 0 aliphatic rings. The van der Waals surface area contributed by atoms with E-state index in [4.69, 9.17) is 0 Å². The Balaban J connectivity index is 2.56. The summed E-state index contributed by atoms with van der Waals surface area (Å²) in [6.07, 6.45) is 2.23. The molecule has 0 atom stereocenters. The van der Waals surface area contributed by atoms with Crippen LogP contribution in [0, 0.1) is 0 Å². The van der Waals surface area contributed by atoms with Crippen LogP contribution in [0.15, 0.2) is 40.9 Å². The summed E-state index contributed by atoms with van der Waals surface area (Å²) in [5.74, 6) is -0.917. The zero-order valence-corrected chi connectivity index (χ0v) is 10.9. The van der Waals surface area contributed by atoms with Crippen LogP contribution in [0.5, 0.6) is 0 Å². The molecule has 1 aromatic carbocycles. The Labute approximate surface area is 108 Å². The van der Waals surface area contributed by atoms with Crippen molar-refractivity contribution in [3.05, 3.63) is 40.9 Å². The Bertz CT molecular complexity index is 443. The van der Waals surface area contributed by atoms with E-state index in [0.29, 0.717) is 5.69 Å². The summed E-state index contributed by atoms with van der Waals surface area (Å²) in [7, 11) is 0. The third-order valence-electron chi connectivity index (χ3n) is 1.79. The quantitative estimate of drug-likeness (QED) is 0.686. The van der Waals surface area contributed by atoms with E-state index in [0.717, 1.165) is 16.6 Å². The van der Waals surface area contributed by atoms with Crippen molar-refractivity contribution in [2.45, 2.75) is 6.92 Å². The van der Waals surface area contributed by atoms with Crippen LogP contribution >= 0.6 is 15.9 Å². The van der Waals surface area contributed by atoms with Crippen molar-refractivity contribution in [1.29, 1.82) is 0 Å². The van der Waals surface area contributed by atoms with Gasteiger partial charge in [-0.3, -0.25) is 4.79 Å². The molecular formula is C12H12BrNO3. The van der Waals surface area contributed by atoms with Crippen molar-refractivity contribution >= 4 is 33.5 Å². The first-order valence-corrected chi connectivity index (χ1v) is 5.83. The smallest absolute Gasteiger partial charge is 0.330 e. The molecule has 1 amide bonds. The van der Waals surface area contributed by atoms with E-state index in [9.17, 15) is 9.59 Å². The first kappa shape index (κ1) is 13.4. The van der Waals surface area contributed by atoms with E-state index in [1.165, 1.54) is 0 Å². The van der Waals surface area contributed by atoms with Crippen molar-refractivity contribution in [1.82, 2.24) is 0 Å². The molecule has 0 aliphatic carbocycles. The van der Waals surface area contributed by atoms with Crippen LogP contribution < -0.4 is 5.32 Å². The molecule has 0 saturated heterocycles. The van der Waals surface area contributed by atoms with Gasteiger partial charge in [0.15, 0.2) is 0 Å². The average Bonchev–Trinajstić information content (AvgIpc) is 2.30. The SMILES string of the molecule is CCOC(=O)/C=C/C(=O)Nc1ccccc1Br. The molecule has 0 saturated carbocycles. The van der Waals surface area contributed by atoms with E-state index in [-0.39, 0.29) is 12.5 Å². The molecule has 0 fully saturated rings. The molecule has 4 nitrogen and oxygen atoms in total. The van der Waals surface area contributed by atoms with Gasteiger partial charge in [0.25, 0.3) is 0 Å². The van der Waals surface area contributed by atoms with Crippen LogP contribution in [-0.2, 0) is 14.3 Å². The minimum Gasteiger partial charge on any atom is -0.463 e. The molecule has 0 heterocycles. The van der Waals surface area contributed by atoms with Crippen LogP contribution in [0.4, 0.5) is 5.69 Å². The van der Waals surface area contributed by atoms with Gasteiger partial charge in [-0.1, -0.05) is 12.1 Å². The predicted molar refractivity (Wildman–Crippen MR) is 68.5 cm³/mol. The molecule has 0 radical (unpaired) electrons. The Hall–Kier alpha value is -1.62. The highest BCUT2D eigenvalue weighted by Gasteiger charge is 2.02. The van der Waals surface area contributed by atoms with Gasteiger partial charge in [0.2, 0.25) is 5.91 Å². The molecule has 1 aromatic rings. The summed E-state index contributed by atoms with van der Waals surface area (Å²) in [6, 6.07) is 7.20. The fourth-order valence-electron chi connectivity index (χ4n) is 1.07. The van der Waals surface area contributed by atoms with E-state index in [1.54, 1.807) is 19.1 Å². The Kier molecular flexibility index (Phi) is 5.42. The van der Waals surface area contributed by atoms with Crippen molar-refractivity contribution in [3.63, 3.8) is 0 Å². The largest absolute Gasteiger partial charge is 0.463 e. The number of esters is 1. The number of hydrogen-bond acceptors (Lipinski definition) is 3. The maximum Gasteiger partial charge on any atom is 0.330 e. The number of para-hydroxylation sites is 1. The Morgan fingerprint density at radius 2 is 2.06 bits per heavy atom. The number of ether oxygens (including phenoxy) is 1. The highest BCUT2D eigenvalue weighted by molar-refractivity contribution is 9.10. The number of hydrogen-bond donors (Lipinski definition) is 1. The van der Waals surface area contributed by atoms with Crippen LogP contribution in [0.2, 0.25) is 0 Å². The molecule has 0 spiro atoms. The van der Waals surface area contributed by atoms with Crippen molar-refractivity contribution < 1.29 is 14.3 Å². The van der Waals surface area contributed by atoms with Gasteiger partial charge < -0.3 is 10.1 Å². The summed E-state index contributed by atoms with van der Waals surface area (Å²) >= 11 is 3.30. The predicted octanol–water partition coefficient (Wildman–Crippen LogP) is 2.51. The summed E-state index contributed by atoms with van der Waals surface area (Å²) in [4.78, 5) is 22.4. The lowest BCUT2D eigenvalue weighted by Gasteiger charge is -2.03. The van der Waals surface area contributed by atoms with Crippen molar-refractivity contribution in [3.8, 4) is 0 Å². The van der Waals surface area contributed by atoms with Crippen molar-refractivity contribution in [2.75, 3.05) is 11.9 Å². The number of rotatable bonds is 4. The number of halogens is 1. The summed E-state index contributed by atoms with van der Waals surface area (Å²) < 4.78 is 5.43. The van der Waals surface area contributed by atoms with Crippen LogP contribution in [0.3, 0.4) is 0 Å². The van der Waals surface area contributed by atoms with Gasteiger partial charge in [-0.25, -0.2) is 4.79 Å². The Morgan fingerprint density at radius 1 is 1.35 bits per heavy atom. The second kappa shape index (κ2) is 6.85. The van der Waals surface area contributed by atoms with E-state index in [2.05, 4.69) is 26.0 Å². The van der Waals surface area contributed by atoms with Gasteiger partial charge in [0.1, 0.15) is 0 Å².